The molecule has 2 aromatic carbocycles. The van der Waals surface area contributed by atoms with Crippen molar-refractivity contribution in [1.82, 2.24) is 16.0 Å². The molecule has 0 radical (unpaired) electrons. The van der Waals surface area contributed by atoms with Gasteiger partial charge in [-0.1, -0.05) is 24.3 Å². The minimum absolute atomic E-state index is 0. The van der Waals surface area contributed by atoms with Crippen molar-refractivity contribution >= 4 is 35.8 Å². The van der Waals surface area contributed by atoms with Crippen molar-refractivity contribution in [3.8, 4) is 11.5 Å². The molecule has 1 heterocycles. The predicted molar refractivity (Wildman–Crippen MR) is 120 cm³/mol. The monoisotopic (exact) mass is 496 g/mol. The smallest absolute Gasteiger partial charge is 0.251 e. The largest absolute Gasteiger partial charge is 0.454 e. The molecule has 3 N–H and O–H groups in total. The van der Waals surface area contributed by atoms with Crippen LogP contribution in [0, 0.1) is 0 Å². The van der Waals surface area contributed by atoms with Gasteiger partial charge in [-0.15, -0.1) is 24.0 Å². The van der Waals surface area contributed by atoms with E-state index in [0.29, 0.717) is 24.6 Å². The van der Waals surface area contributed by atoms with Crippen LogP contribution in [0.25, 0.3) is 0 Å². The van der Waals surface area contributed by atoms with Crippen molar-refractivity contribution in [2.45, 2.75) is 6.42 Å². The van der Waals surface area contributed by atoms with Crippen LogP contribution in [-0.2, 0) is 6.42 Å². The average molecular weight is 496 g/mol. The van der Waals surface area contributed by atoms with Crippen LogP contribution in [0.2, 0.25) is 0 Å². The van der Waals surface area contributed by atoms with E-state index in [4.69, 9.17) is 9.47 Å². The van der Waals surface area contributed by atoms with Gasteiger partial charge >= 0.3 is 0 Å². The number of halogens is 1. The summed E-state index contributed by atoms with van der Waals surface area (Å²) in [5, 5.41) is 9.32. The number of nitrogens with zero attached hydrogens (tertiary/aromatic N) is 1. The molecule has 0 saturated carbocycles. The van der Waals surface area contributed by atoms with E-state index in [0.717, 1.165) is 30.0 Å². The van der Waals surface area contributed by atoms with Gasteiger partial charge in [0.25, 0.3) is 5.91 Å². The lowest BCUT2D eigenvalue weighted by Gasteiger charge is -2.12. The zero-order valence-electron chi connectivity index (χ0n) is 15.7. The molecule has 7 nitrogen and oxygen atoms in total. The van der Waals surface area contributed by atoms with Crippen LogP contribution in [0.3, 0.4) is 0 Å². The number of carbonyl (C=O) groups excluding carboxylic acids is 1. The average Bonchev–Trinajstić information content (AvgIpc) is 3.18. The molecule has 0 saturated heterocycles. The molecule has 0 aromatic heterocycles. The predicted octanol–water partition coefficient (Wildman–Crippen LogP) is 2.17. The summed E-state index contributed by atoms with van der Waals surface area (Å²) in [6, 6.07) is 15.1. The standard InChI is InChI=1S/C20H24N4O3.HI/c1-21-20(24-12-11-22-19(25)16-5-3-2-4-6-16)23-10-9-15-7-8-17-18(13-15)27-14-26-17;/h2-8,13H,9-12,14H2,1H3,(H,22,25)(H2,21,23,24);1H. The number of hydrogen-bond acceptors (Lipinski definition) is 4. The second-order valence-corrected chi connectivity index (χ2v) is 5.99. The highest BCUT2D eigenvalue weighted by molar-refractivity contribution is 14.0. The second kappa shape index (κ2) is 11.4. The summed E-state index contributed by atoms with van der Waals surface area (Å²) in [7, 11) is 1.72. The third-order valence-electron chi connectivity index (χ3n) is 4.11. The van der Waals surface area contributed by atoms with Crippen LogP contribution in [0.1, 0.15) is 15.9 Å². The lowest BCUT2D eigenvalue weighted by atomic mass is 10.1. The van der Waals surface area contributed by atoms with Crippen molar-refractivity contribution < 1.29 is 14.3 Å². The normalized spacial score (nSPS) is 12.1. The summed E-state index contributed by atoms with van der Waals surface area (Å²) in [6.07, 6.45) is 0.835. The van der Waals surface area contributed by atoms with Gasteiger partial charge < -0.3 is 25.4 Å². The van der Waals surface area contributed by atoms with E-state index in [1.54, 1.807) is 19.2 Å². The van der Waals surface area contributed by atoms with Crippen molar-refractivity contribution in [1.29, 1.82) is 0 Å². The van der Waals surface area contributed by atoms with Crippen molar-refractivity contribution in [2.75, 3.05) is 33.5 Å². The SMILES string of the molecule is CN=C(NCCNC(=O)c1ccccc1)NCCc1ccc2c(c1)OCO2.I. The van der Waals surface area contributed by atoms with Crippen LogP contribution in [0.15, 0.2) is 53.5 Å². The Bertz CT molecular complexity index is 799. The lowest BCUT2D eigenvalue weighted by Crippen LogP contribution is -2.42. The third kappa shape index (κ3) is 6.29. The van der Waals surface area contributed by atoms with Gasteiger partial charge in [-0.2, -0.15) is 0 Å². The zero-order valence-corrected chi connectivity index (χ0v) is 18.1. The molecule has 0 aliphatic carbocycles. The number of ether oxygens (including phenoxy) is 2. The summed E-state index contributed by atoms with van der Waals surface area (Å²) in [5.41, 5.74) is 1.82. The summed E-state index contributed by atoms with van der Waals surface area (Å²) in [4.78, 5) is 16.2. The zero-order chi connectivity index (χ0) is 18.9. The van der Waals surface area contributed by atoms with Crippen LogP contribution in [-0.4, -0.2) is 45.3 Å². The van der Waals surface area contributed by atoms with Gasteiger partial charge in [-0.05, 0) is 36.2 Å². The number of guanidine groups is 1. The van der Waals surface area contributed by atoms with Crippen molar-refractivity contribution in [3.63, 3.8) is 0 Å². The van der Waals surface area contributed by atoms with Crippen LogP contribution in [0.4, 0.5) is 0 Å². The Kier molecular flexibility index (Phi) is 8.86. The van der Waals surface area contributed by atoms with Gasteiger partial charge in [-0.25, -0.2) is 0 Å². The number of amides is 1. The molecular formula is C20H25IN4O3. The van der Waals surface area contributed by atoms with Crippen molar-refractivity contribution in [2.24, 2.45) is 4.99 Å². The highest BCUT2D eigenvalue weighted by Crippen LogP contribution is 2.32. The number of hydrogen-bond donors (Lipinski definition) is 3. The van der Waals surface area contributed by atoms with Gasteiger partial charge in [0.15, 0.2) is 17.5 Å². The molecule has 1 amide bonds. The van der Waals surface area contributed by atoms with Crippen LogP contribution >= 0.6 is 24.0 Å². The highest BCUT2D eigenvalue weighted by atomic mass is 127. The molecule has 1 aliphatic heterocycles. The third-order valence-corrected chi connectivity index (χ3v) is 4.11. The molecule has 28 heavy (non-hydrogen) atoms. The van der Waals surface area contributed by atoms with E-state index in [1.165, 1.54) is 0 Å². The number of aliphatic imine (C=N–C) groups is 1. The fourth-order valence-corrected chi connectivity index (χ4v) is 2.69. The van der Waals surface area contributed by atoms with E-state index < -0.39 is 0 Å². The maximum Gasteiger partial charge on any atom is 0.251 e. The number of nitrogens with one attached hydrogen (secondary N) is 3. The Morgan fingerprint density at radius 3 is 2.46 bits per heavy atom. The first-order chi connectivity index (χ1) is 13.3. The first-order valence-corrected chi connectivity index (χ1v) is 8.92. The molecule has 0 spiro atoms. The molecule has 1 aliphatic rings. The molecule has 2 aromatic rings. The van der Waals surface area contributed by atoms with Gasteiger partial charge in [0.1, 0.15) is 0 Å². The molecule has 150 valence electrons. The second-order valence-electron chi connectivity index (χ2n) is 5.99. The van der Waals surface area contributed by atoms with Crippen LogP contribution < -0.4 is 25.4 Å². The van der Waals surface area contributed by atoms with Gasteiger partial charge in [0.2, 0.25) is 6.79 Å². The topological polar surface area (TPSA) is 84.0 Å². The maximum absolute atomic E-state index is 12.0. The van der Waals surface area contributed by atoms with E-state index in [1.807, 2.05) is 36.4 Å². The minimum Gasteiger partial charge on any atom is -0.454 e. The van der Waals surface area contributed by atoms with E-state index in [2.05, 4.69) is 20.9 Å². The summed E-state index contributed by atoms with van der Waals surface area (Å²) >= 11 is 0. The Morgan fingerprint density at radius 1 is 0.964 bits per heavy atom. The Hall–Kier alpha value is -2.49. The van der Waals surface area contributed by atoms with Crippen molar-refractivity contribution in [3.05, 3.63) is 59.7 Å². The fourth-order valence-electron chi connectivity index (χ4n) is 2.69. The molecule has 3 rings (SSSR count). The molecule has 0 atom stereocenters. The number of carbonyl (C=O) groups is 1. The fraction of sp³-hybridized carbons (Fsp3) is 0.300. The van der Waals surface area contributed by atoms with Gasteiger partial charge in [0.05, 0.1) is 0 Å². The van der Waals surface area contributed by atoms with Crippen LogP contribution in [0.5, 0.6) is 11.5 Å². The number of fused-ring (bicyclic) bond motifs is 1. The van der Waals surface area contributed by atoms with Gasteiger partial charge in [-0.3, -0.25) is 9.79 Å². The molecule has 0 fully saturated rings. The summed E-state index contributed by atoms with van der Waals surface area (Å²) in [5.74, 6) is 2.21. The number of rotatable bonds is 7. The number of benzene rings is 2. The Morgan fingerprint density at radius 2 is 1.68 bits per heavy atom. The molecule has 8 heteroatoms. The molecule has 0 bridgehead atoms. The van der Waals surface area contributed by atoms with E-state index >= 15 is 0 Å². The minimum atomic E-state index is -0.0804. The lowest BCUT2D eigenvalue weighted by molar-refractivity contribution is 0.0954. The summed E-state index contributed by atoms with van der Waals surface area (Å²) in [6.45, 7) is 2.11. The highest BCUT2D eigenvalue weighted by Gasteiger charge is 2.12. The first kappa shape index (κ1) is 21.8. The Balaban J connectivity index is 0.00000280. The summed E-state index contributed by atoms with van der Waals surface area (Å²) < 4.78 is 10.7. The maximum atomic E-state index is 12.0. The van der Waals surface area contributed by atoms with E-state index in [-0.39, 0.29) is 36.7 Å². The Labute approximate surface area is 181 Å². The van der Waals surface area contributed by atoms with E-state index in [9.17, 15) is 4.79 Å². The molecule has 0 unspecified atom stereocenters. The first-order valence-electron chi connectivity index (χ1n) is 8.92. The quantitative estimate of drug-likeness (QED) is 0.237. The van der Waals surface area contributed by atoms with Gasteiger partial charge in [0, 0.05) is 32.2 Å². The molecular weight excluding hydrogens is 471 g/mol.